The Balaban J connectivity index is 2.30. The SMILES string of the molecule is N#Cc1c2c(c(CN)c3c1OCCC3)OCCC2. The first-order valence-corrected chi connectivity index (χ1v) is 6.43. The summed E-state index contributed by atoms with van der Waals surface area (Å²) in [6.07, 6.45) is 3.73. The molecule has 2 N–H and O–H groups in total. The van der Waals surface area contributed by atoms with E-state index in [0.717, 1.165) is 53.9 Å². The van der Waals surface area contributed by atoms with Crippen molar-refractivity contribution in [2.24, 2.45) is 5.73 Å². The van der Waals surface area contributed by atoms with Gasteiger partial charge in [0.1, 0.15) is 23.1 Å². The molecule has 2 aliphatic rings. The van der Waals surface area contributed by atoms with Crippen LogP contribution < -0.4 is 15.2 Å². The van der Waals surface area contributed by atoms with Gasteiger partial charge in [0.15, 0.2) is 0 Å². The highest BCUT2D eigenvalue weighted by Gasteiger charge is 2.28. The van der Waals surface area contributed by atoms with Crippen LogP contribution in [0.1, 0.15) is 35.1 Å². The van der Waals surface area contributed by atoms with Crippen LogP contribution in [-0.4, -0.2) is 13.2 Å². The summed E-state index contributed by atoms with van der Waals surface area (Å²) in [5.74, 6) is 1.61. The Hall–Kier alpha value is -1.73. The first kappa shape index (κ1) is 11.4. The van der Waals surface area contributed by atoms with E-state index in [-0.39, 0.29) is 0 Å². The Morgan fingerprint density at radius 2 is 1.72 bits per heavy atom. The maximum atomic E-state index is 9.40. The summed E-state index contributed by atoms with van der Waals surface area (Å²) in [5, 5.41) is 9.40. The Kier molecular flexibility index (Phi) is 2.85. The smallest absolute Gasteiger partial charge is 0.141 e. The zero-order valence-corrected chi connectivity index (χ0v) is 10.3. The van der Waals surface area contributed by atoms with Crippen LogP contribution in [0, 0.1) is 11.3 Å². The van der Waals surface area contributed by atoms with Crippen LogP contribution in [0.25, 0.3) is 0 Å². The van der Waals surface area contributed by atoms with E-state index in [0.29, 0.717) is 25.3 Å². The summed E-state index contributed by atoms with van der Waals surface area (Å²) in [7, 11) is 0. The molecule has 0 aromatic heterocycles. The van der Waals surface area contributed by atoms with Gasteiger partial charge in [0.05, 0.1) is 13.2 Å². The predicted molar refractivity (Wildman–Crippen MR) is 66.7 cm³/mol. The minimum atomic E-state index is 0.444. The summed E-state index contributed by atoms with van der Waals surface area (Å²) in [6.45, 7) is 1.84. The molecule has 1 aromatic carbocycles. The van der Waals surface area contributed by atoms with Gasteiger partial charge in [0.2, 0.25) is 0 Å². The van der Waals surface area contributed by atoms with Gasteiger partial charge in [0, 0.05) is 23.2 Å². The minimum absolute atomic E-state index is 0.444. The summed E-state index contributed by atoms with van der Waals surface area (Å²) in [5.41, 5.74) is 9.65. The fourth-order valence-corrected chi connectivity index (χ4v) is 2.87. The first-order valence-electron chi connectivity index (χ1n) is 6.43. The van der Waals surface area contributed by atoms with Crippen molar-refractivity contribution in [3.05, 3.63) is 22.3 Å². The maximum Gasteiger partial charge on any atom is 0.141 e. The van der Waals surface area contributed by atoms with Crippen LogP contribution in [0.5, 0.6) is 11.5 Å². The third-order valence-corrected chi connectivity index (χ3v) is 3.67. The highest BCUT2D eigenvalue weighted by Crippen LogP contribution is 2.42. The molecule has 18 heavy (non-hydrogen) atoms. The topological polar surface area (TPSA) is 68.3 Å². The van der Waals surface area contributed by atoms with Crippen LogP contribution in [0.15, 0.2) is 0 Å². The third kappa shape index (κ3) is 1.55. The summed E-state index contributed by atoms with van der Waals surface area (Å²) in [4.78, 5) is 0. The standard InChI is InChI=1S/C14H16N2O2/c15-7-11-9-3-1-5-17-13(9)12(8-16)10-4-2-6-18-14(10)11/h1-7,15H2. The van der Waals surface area contributed by atoms with Crippen molar-refractivity contribution in [1.82, 2.24) is 0 Å². The van der Waals surface area contributed by atoms with Gasteiger partial charge in [-0.05, 0) is 25.7 Å². The van der Waals surface area contributed by atoms with Crippen molar-refractivity contribution >= 4 is 0 Å². The molecule has 2 heterocycles. The molecule has 0 saturated heterocycles. The molecule has 0 spiro atoms. The van der Waals surface area contributed by atoms with Crippen molar-refractivity contribution in [3.63, 3.8) is 0 Å². The molecule has 0 atom stereocenters. The van der Waals surface area contributed by atoms with E-state index >= 15 is 0 Å². The Morgan fingerprint density at radius 1 is 1.06 bits per heavy atom. The second-order valence-corrected chi connectivity index (χ2v) is 4.69. The molecule has 0 unspecified atom stereocenters. The molecule has 4 nitrogen and oxygen atoms in total. The average Bonchev–Trinajstić information content (AvgIpc) is 2.44. The molecule has 0 aliphatic carbocycles. The molecule has 0 bridgehead atoms. The van der Waals surface area contributed by atoms with E-state index in [4.69, 9.17) is 15.2 Å². The second kappa shape index (κ2) is 4.51. The van der Waals surface area contributed by atoms with Crippen molar-refractivity contribution in [3.8, 4) is 17.6 Å². The molecule has 4 heteroatoms. The van der Waals surface area contributed by atoms with Gasteiger partial charge in [-0.25, -0.2) is 0 Å². The number of ether oxygens (including phenoxy) is 2. The van der Waals surface area contributed by atoms with Crippen molar-refractivity contribution in [2.75, 3.05) is 13.2 Å². The highest BCUT2D eigenvalue weighted by atomic mass is 16.5. The number of rotatable bonds is 1. The molecule has 94 valence electrons. The van der Waals surface area contributed by atoms with Gasteiger partial charge in [-0.2, -0.15) is 5.26 Å². The lowest BCUT2D eigenvalue weighted by atomic mass is 9.89. The van der Waals surface area contributed by atoms with Crippen molar-refractivity contribution in [2.45, 2.75) is 32.2 Å². The number of nitrogens with two attached hydrogens (primary N) is 1. The summed E-state index contributed by atoms with van der Waals surface area (Å²) >= 11 is 0. The molecule has 1 aromatic rings. The van der Waals surface area contributed by atoms with E-state index < -0.39 is 0 Å². The largest absolute Gasteiger partial charge is 0.493 e. The van der Waals surface area contributed by atoms with Gasteiger partial charge in [0.25, 0.3) is 0 Å². The molecule has 0 saturated carbocycles. The van der Waals surface area contributed by atoms with Gasteiger partial charge in [-0.15, -0.1) is 0 Å². The molecular weight excluding hydrogens is 228 g/mol. The fraction of sp³-hybridized carbons (Fsp3) is 0.500. The Labute approximate surface area is 106 Å². The summed E-state index contributed by atoms with van der Waals surface area (Å²) in [6, 6.07) is 2.29. The van der Waals surface area contributed by atoms with E-state index in [1.54, 1.807) is 0 Å². The van der Waals surface area contributed by atoms with E-state index in [1.165, 1.54) is 0 Å². The normalized spacial score (nSPS) is 16.9. The maximum absolute atomic E-state index is 9.40. The van der Waals surface area contributed by atoms with Crippen LogP contribution in [0.2, 0.25) is 0 Å². The number of fused-ring (bicyclic) bond motifs is 2. The number of hydrogen-bond donors (Lipinski definition) is 1. The average molecular weight is 244 g/mol. The molecule has 0 fully saturated rings. The summed E-state index contributed by atoms with van der Waals surface area (Å²) < 4.78 is 11.5. The van der Waals surface area contributed by atoms with Gasteiger partial charge >= 0.3 is 0 Å². The van der Waals surface area contributed by atoms with E-state index in [9.17, 15) is 5.26 Å². The first-order chi connectivity index (χ1) is 8.86. The Bertz CT molecular complexity index is 495. The van der Waals surface area contributed by atoms with E-state index in [2.05, 4.69) is 6.07 Å². The highest BCUT2D eigenvalue weighted by molar-refractivity contribution is 5.64. The molecule has 0 amide bonds. The number of nitrogens with zero attached hydrogens (tertiary/aromatic N) is 1. The van der Waals surface area contributed by atoms with Crippen LogP contribution >= 0.6 is 0 Å². The second-order valence-electron chi connectivity index (χ2n) is 4.69. The fourth-order valence-electron chi connectivity index (χ4n) is 2.87. The van der Waals surface area contributed by atoms with E-state index in [1.807, 2.05) is 0 Å². The molecular formula is C14H16N2O2. The Morgan fingerprint density at radius 3 is 2.39 bits per heavy atom. The lowest BCUT2D eigenvalue weighted by Gasteiger charge is -2.28. The molecule has 0 radical (unpaired) electrons. The number of benzene rings is 1. The minimum Gasteiger partial charge on any atom is -0.493 e. The number of hydrogen-bond acceptors (Lipinski definition) is 4. The zero-order chi connectivity index (χ0) is 12.5. The molecule has 2 aliphatic heterocycles. The monoisotopic (exact) mass is 244 g/mol. The van der Waals surface area contributed by atoms with Gasteiger partial charge in [-0.3, -0.25) is 0 Å². The molecule has 3 rings (SSSR count). The van der Waals surface area contributed by atoms with Crippen LogP contribution in [-0.2, 0) is 19.4 Å². The van der Waals surface area contributed by atoms with Crippen molar-refractivity contribution < 1.29 is 9.47 Å². The van der Waals surface area contributed by atoms with Crippen LogP contribution in [0.4, 0.5) is 0 Å². The lowest BCUT2D eigenvalue weighted by Crippen LogP contribution is -2.20. The number of nitriles is 1. The van der Waals surface area contributed by atoms with Crippen LogP contribution in [0.3, 0.4) is 0 Å². The predicted octanol–water partition coefficient (Wildman–Crippen LogP) is 1.67. The van der Waals surface area contributed by atoms with Crippen molar-refractivity contribution in [1.29, 1.82) is 5.26 Å². The third-order valence-electron chi connectivity index (χ3n) is 3.67. The van der Waals surface area contributed by atoms with Gasteiger partial charge < -0.3 is 15.2 Å². The zero-order valence-electron chi connectivity index (χ0n) is 10.3. The van der Waals surface area contributed by atoms with Gasteiger partial charge in [-0.1, -0.05) is 0 Å². The lowest BCUT2D eigenvalue weighted by molar-refractivity contribution is 0.268. The quantitative estimate of drug-likeness (QED) is 0.815.